The SMILES string of the molecule is Clc1ccccc1CNC1CCCC1C1CCCCN1. The Morgan fingerprint density at radius 2 is 2.00 bits per heavy atom. The molecule has 1 aliphatic carbocycles. The van der Waals surface area contributed by atoms with Gasteiger partial charge in [0.05, 0.1) is 0 Å². The molecule has 0 aromatic heterocycles. The summed E-state index contributed by atoms with van der Waals surface area (Å²) in [7, 11) is 0. The van der Waals surface area contributed by atoms with Gasteiger partial charge in [-0.05, 0) is 49.8 Å². The Balaban J connectivity index is 1.57. The van der Waals surface area contributed by atoms with Crippen LogP contribution in [0, 0.1) is 5.92 Å². The molecule has 1 aliphatic heterocycles. The lowest BCUT2D eigenvalue weighted by atomic mass is 9.88. The number of benzene rings is 1. The van der Waals surface area contributed by atoms with Crippen molar-refractivity contribution in [3.05, 3.63) is 34.9 Å². The van der Waals surface area contributed by atoms with Crippen molar-refractivity contribution in [1.82, 2.24) is 10.6 Å². The molecule has 2 fully saturated rings. The number of nitrogens with one attached hydrogen (secondary N) is 2. The smallest absolute Gasteiger partial charge is 0.0450 e. The predicted octanol–water partition coefficient (Wildman–Crippen LogP) is 3.74. The van der Waals surface area contributed by atoms with E-state index in [9.17, 15) is 0 Å². The molecule has 0 bridgehead atoms. The van der Waals surface area contributed by atoms with Gasteiger partial charge in [-0.25, -0.2) is 0 Å². The molecule has 3 rings (SSSR count). The summed E-state index contributed by atoms with van der Waals surface area (Å²) in [6.07, 6.45) is 8.15. The molecule has 1 saturated heterocycles. The van der Waals surface area contributed by atoms with Crippen LogP contribution in [0.15, 0.2) is 24.3 Å². The quantitative estimate of drug-likeness (QED) is 0.883. The third kappa shape index (κ3) is 3.36. The zero-order valence-corrected chi connectivity index (χ0v) is 12.8. The monoisotopic (exact) mass is 292 g/mol. The number of hydrogen-bond acceptors (Lipinski definition) is 2. The van der Waals surface area contributed by atoms with Gasteiger partial charge in [-0.1, -0.05) is 42.6 Å². The molecule has 20 heavy (non-hydrogen) atoms. The average molecular weight is 293 g/mol. The van der Waals surface area contributed by atoms with Gasteiger partial charge in [-0.3, -0.25) is 0 Å². The van der Waals surface area contributed by atoms with Crippen LogP contribution in [0.25, 0.3) is 0 Å². The van der Waals surface area contributed by atoms with Crippen LogP contribution < -0.4 is 10.6 Å². The second-order valence-corrected chi connectivity index (χ2v) is 6.64. The van der Waals surface area contributed by atoms with Crippen molar-refractivity contribution in [2.24, 2.45) is 5.92 Å². The maximum Gasteiger partial charge on any atom is 0.0450 e. The molecule has 2 nitrogen and oxygen atoms in total. The number of rotatable bonds is 4. The van der Waals surface area contributed by atoms with Gasteiger partial charge in [0, 0.05) is 23.7 Å². The number of piperidine rings is 1. The summed E-state index contributed by atoms with van der Waals surface area (Å²) in [5.74, 6) is 0.804. The molecule has 0 amide bonds. The highest BCUT2D eigenvalue weighted by Crippen LogP contribution is 2.32. The number of halogens is 1. The third-order valence-electron chi connectivity index (χ3n) is 4.95. The first-order valence-electron chi connectivity index (χ1n) is 8.05. The van der Waals surface area contributed by atoms with Gasteiger partial charge < -0.3 is 10.6 Å². The van der Waals surface area contributed by atoms with Crippen LogP contribution in [-0.2, 0) is 6.54 Å². The Hall–Kier alpha value is -0.570. The highest BCUT2D eigenvalue weighted by molar-refractivity contribution is 6.31. The summed E-state index contributed by atoms with van der Waals surface area (Å²) in [6.45, 7) is 2.10. The van der Waals surface area contributed by atoms with E-state index in [1.54, 1.807) is 0 Å². The second-order valence-electron chi connectivity index (χ2n) is 6.23. The minimum atomic E-state index is 0.655. The highest BCUT2D eigenvalue weighted by atomic mass is 35.5. The molecule has 1 heterocycles. The molecule has 3 heteroatoms. The molecule has 110 valence electrons. The van der Waals surface area contributed by atoms with Gasteiger partial charge in [0.1, 0.15) is 0 Å². The Kier molecular flexibility index (Phi) is 4.98. The molecule has 0 spiro atoms. The van der Waals surface area contributed by atoms with Crippen LogP contribution in [0.1, 0.15) is 44.1 Å². The Morgan fingerprint density at radius 3 is 2.80 bits per heavy atom. The predicted molar refractivity (Wildman–Crippen MR) is 85.1 cm³/mol. The standard InChI is InChI=1S/C17H25ClN2/c18-15-8-2-1-6-13(15)12-20-17-10-5-7-14(17)16-9-3-4-11-19-16/h1-2,6,8,14,16-17,19-20H,3-5,7,9-12H2. The first-order chi connectivity index (χ1) is 9.84. The highest BCUT2D eigenvalue weighted by Gasteiger charge is 2.33. The summed E-state index contributed by atoms with van der Waals surface area (Å²) >= 11 is 6.24. The van der Waals surface area contributed by atoms with E-state index < -0.39 is 0 Å². The minimum Gasteiger partial charge on any atom is -0.314 e. The molecular formula is C17H25ClN2. The van der Waals surface area contributed by atoms with E-state index in [0.29, 0.717) is 6.04 Å². The normalized spacial score (nSPS) is 30.6. The van der Waals surface area contributed by atoms with Gasteiger partial charge in [-0.2, -0.15) is 0 Å². The molecule has 0 radical (unpaired) electrons. The molecule has 3 atom stereocenters. The molecule has 1 saturated carbocycles. The molecular weight excluding hydrogens is 268 g/mol. The minimum absolute atomic E-state index is 0.655. The molecule has 2 aliphatic rings. The summed E-state index contributed by atoms with van der Waals surface area (Å²) in [5, 5.41) is 8.38. The molecule has 1 aromatic rings. The maximum atomic E-state index is 6.24. The molecule has 3 unspecified atom stereocenters. The average Bonchev–Trinajstić information content (AvgIpc) is 2.96. The van der Waals surface area contributed by atoms with Gasteiger partial charge in [0.2, 0.25) is 0 Å². The van der Waals surface area contributed by atoms with E-state index in [-0.39, 0.29) is 0 Å². The Bertz CT molecular complexity index is 429. The number of hydrogen-bond donors (Lipinski definition) is 2. The lowest BCUT2D eigenvalue weighted by Crippen LogP contribution is -2.46. The van der Waals surface area contributed by atoms with Crippen LogP contribution in [0.4, 0.5) is 0 Å². The van der Waals surface area contributed by atoms with Gasteiger partial charge in [0.25, 0.3) is 0 Å². The Labute approximate surface area is 127 Å². The van der Waals surface area contributed by atoms with Gasteiger partial charge >= 0.3 is 0 Å². The van der Waals surface area contributed by atoms with Gasteiger partial charge in [0.15, 0.2) is 0 Å². The van der Waals surface area contributed by atoms with Crippen molar-refractivity contribution in [3.63, 3.8) is 0 Å². The van der Waals surface area contributed by atoms with Crippen molar-refractivity contribution in [1.29, 1.82) is 0 Å². The lowest BCUT2D eigenvalue weighted by Gasteiger charge is -2.33. The first-order valence-corrected chi connectivity index (χ1v) is 8.42. The van der Waals surface area contributed by atoms with E-state index in [1.165, 1.54) is 50.6 Å². The van der Waals surface area contributed by atoms with E-state index in [4.69, 9.17) is 11.6 Å². The van der Waals surface area contributed by atoms with Crippen molar-refractivity contribution in [2.45, 2.75) is 57.2 Å². The van der Waals surface area contributed by atoms with E-state index >= 15 is 0 Å². The molecule has 2 N–H and O–H groups in total. The largest absolute Gasteiger partial charge is 0.314 e. The zero-order valence-electron chi connectivity index (χ0n) is 12.1. The van der Waals surface area contributed by atoms with Crippen molar-refractivity contribution in [2.75, 3.05) is 6.54 Å². The summed E-state index contributed by atoms with van der Waals surface area (Å²) < 4.78 is 0. The van der Waals surface area contributed by atoms with Crippen LogP contribution in [0.5, 0.6) is 0 Å². The van der Waals surface area contributed by atoms with E-state index in [1.807, 2.05) is 12.1 Å². The summed E-state index contributed by atoms with van der Waals surface area (Å²) in [4.78, 5) is 0. The lowest BCUT2D eigenvalue weighted by molar-refractivity contribution is 0.257. The fourth-order valence-corrected chi connectivity index (χ4v) is 4.05. The van der Waals surface area contributed by atoms with Crippen molar-refractivity contribution >= 4 is 11.6 Å². The Morgan fingerprint density at radius 1 is 1.10 bits per heavy atom. The van der Waals surface area contributed by atoms with Crippen LogP contribution in [0.3, 0.4) is 0 Å². The van der Waals surface area contributed by atoms with Crippen molar-refractivity contribution < 1.29 is 0 Å². The topological polar surface area (TPSA) is 24.1 Å². The second kappa shape index (κ2) is 6.93. The van der Waals surface area contributed by atoms with Crippen LogP contribution >= 0.6 is 11.6 Å². The third-order valence-corrected chi connectivity index (χ3v) is 5.32. The maximum absolute atomic E-state index is 6.24. The summed E-state index contributed by atoms with van der Waals surface area (Å²) in [6, 6.07) is 9.55. The first kappa shape index (κ1) is 14.4. The van der Waals surface area contributed by atoms with Crippen LogP contribution in [-0.4, -0.2) is 18.6 Å². The van der Waals surface area contributed by atoms with Crippen LogP contribution in [0.2, 0.25) is 5.02 Å². The molecule has 1 aromatic carbocycles. The van der Waals surface area contributed by atoms with E-state index in [0.717, 1.165) is 23.5 Å². The van der Waals surface area contributed by atoms with Gasteiger partial charge in [-0.15, -0.1) is 0 Å². The zero-order chi connectivity index (χ0) is 13.8. The summed E-state index contributed by atoms with van der Waals surface area (Å²) in [5.41, 5.74) is 1.22. The fourth-order valence-electron chi connectivity index (χ4n) is 3.85. The van der Waals surface area contributed by atoms with Crippen molar-refractivity contribution in [3.8, 4) is 0 Å². The van der Waals surface area contributed by atoms with E-state index in [2.05, 4.69) is 22.8 Å². The fraction of sp³-hybridized carbons (Fsp3) is 0.647.